The number of aliphatic carboxylic acids is 1. The van der Waals surface area contributed by atoms with Crippen molar-refractivity contribution in [3.8, 4) is 5.75 Å². The van der Waals surface area contributed by atoms with Crippen LogP contribution in [0.5, 0.6) is 5.75 Å². The molecule has 0 spiro atoms. The number of nitrogens with zero attached hydrogens (tertiary/aromatic N) is 1. The van der Waals surface area contributed by atoms with Crippen molar-refractivity contribution in [1.29, 1.82) is 0 Å². The number of benzene rings is 1. The van der Waals surface area contributed by atoms with Crippen LogP contribution in [0.1, 0.15) is 45.6 Å². The molecule has 1 aliphatic rings. The summed E-state index contributed by atoms with van der Waals surface area (Å²) in [7, 11) is 1.57. The third kappa shape index (κ3) is 4.12. The van der Waals surface area contributed by atoms with Gasteiger partial charge >= 0.3 is 5.97 Å². The molecule has 0 fully saturated rings. The summed E-state index contributed by atoms with van der Waals surface area (Å²) in [4.78, 5) is 25.2. The summed E-state index contributed by atoms with van der Waals surface area (Å²) in [6.45, 7) is 7.51. The number of amides is 1. The third-order valence-electron chi connectivity index (χ3n) is 4.43. The Morgan fingerprint density at radius 2 is 2.00 bits per heavy atom. The van der Waals surface area contributed by atoms with E-state index in [9.17, 15) is 14.7 Å². The van der Waals surface area contributed by atoms with Crippen LogP contribution in [-0.4, -0.2) is 40.6 Å². The lowest BCUT2D eigenvalue weighted by molar-refractivity contribution is -0.140. The minimum absolute atomic E-state index is 0.135. The van der Waals surface area contributed by atoms with Gasteiger partial charge in [0.2, 0.25) is 0 Å². The zero-order chi connectivity index (χ0) is 19.8. The zero-order valence-electron chi connectivity index (χ0n) is 15.7. The van der Waals surface area contributed by atoms with Crippen LogP contribution in [0.15, 0.2) is 29.5 Å². The number of hydrogen-bond acceptors (Lipinski definition) is 4. The van der Waals surface area contributed by atoms with Crippen molar-refractivity contribution < 1.29 is 19.4 Å². The van der Waals surface area contributed by atoms with Crippen molar-refractivity contribution in [1.82, 2.24) is 4.90 Å². The molecule has 1 aromatic rings. The lowest BCUT2D eigenvalue weighted by Gasteiger charge is -2.40. The fourth-order valence-corrected chi connectivity index (χ4v) is 3.41. The van der Waals surface area contributed by atoms with Crippen molar-refractivity contribution >= 4 is 23.5 Å². The molecule has 0 bridgehead atoms. The fourth-order valence-electron chi connectivity index (χ4n) is 3.25. The van der Waals surface area contributed by atoms with Crippen LogP contribution < -0.4 is 10.5 Å². The maximum absolute atomic E-state index is 12.4. The largest absolute Gasteiger partial charge is 0.488 e. The lowest BCUT2D eigenvalue weighted by atomic mass is 9.79. The molecule has 0 saturated heterocycles. The Morgan fingerprint density at radius 1 is 1.38 bits per heavy atom. The Bertz CT molecular complexity index is 767. The van der Waals surface area contributed by atoms with Gasteiger partial charge in [-0.15, -0.1) is 0 Å². The van der Waals surface area contributed by atoms with Gasteiger partial charge in [0, 0.05) is 23.6 Å². The van der Waals surface area contributed by atoms with Gasteiger partial charge in [0.1, 0.15) is 11.4 Å². The molecular formula is C19H25ClN2O4. The zero-order valence-corrected chi connectivity index (χ0v) is 16.4. The number of halogens is 1. The van der Waals surface area contributed by atoms with E-state index in [1.54, 1.807) is 26.1 Å². The summed E-state index contributed by atoms with van der Waals surface area (Å²) in [5.41, 5.74) is 7.08. The average Bonchev–Trinajstić information content (AvgIpc) is 2.50. The highest BCUT2D eigenvalue weighted by molar-refractivity contribution is 6.30. The molecule has 7 heteroatoms. The maximum Gasteiger partial charge on any atom is 0.305 e. The molecule has 2 unspecified atom stereocenters. The van der Waals surface area contributed by atoms with Crippen LogP contribution in [0.3, 0.4) is 0 Å². The first-order valence-corrected chi connectivity index (χ1v) is 8.74. The Hall–Kier alpha value is -2.21. The number of carbonyl (C=O) groups excluding carboxylic acids is 1. The van der Waals surface area contributed by atoms with Crippen LogP contribution >= 0.6 is 11.6 Å². The van der Waals surface area contributed by atoms with Crippen molar-refractivity contribution in [3.63, 3.8) is 0 Å². The summed E-state index contributed by atoms with van der Waals surface area (Å²) >= 11 is 6.15. The molecule has 1 amide bonds. The Labute approximate surface area is 158 Å². The van der Waals surface area contributed by atoms with Gasteiger partial charge in [-0.3, -0.25) is 9.59 Å². The second-order valence-corrected chi connectivity index (χ2v) is 7.99. The van der Waals surface area contributed by atoms with Crippen molar-refractivity contribution in [2.24, 2.45) is 5.73 Å². The number of hydrogen-bond donors (Lipinski definition) is 2. The molecule has 1 aromatic carbocycles. The number of rotatable bonds is 4. The molecule has 1 heterocycles. The number of carboxylic acids is 1. The van der Waals surface area contributed by atoms with E-state index in [4.69, 9.17) is 22.1 Å². The predicted molar refractivity (Wildman–Crippen MR) is 100 cm³/mol. The topological polar surface area (TPSA) is 92.9 Å². The van der Waals surface area contributed by atoms with Crippen molar-refractivity contribution in [2.75, 3.05) is 7.05 Å². The van der Waals surface area contributed by atoms with Crippen LogP contribution in [0, 0.1) is 0 Å². The minimum Gasteiger partial charge on any atom is -0.488 e. The Balaban J connectivity index is 2.65. The highest BCUT2D eigenvalue weighted by Crippen LogP contribution is 2.42. The van der Waals surface area contributed by atoms with E-state index in [0.717, 1.165) is 5.56 Å². The molecule has 2 rings (SSSR count). The van der Waals surface area contributed by atoms with Gasteiger partial charge < -0.3 is 20.5 Å². The molecule has 6 nitrogen and oxygen atoms in total. The van der Waals surface area contributed by atoms with Gasteiger partial charge in [-0.25, -0.2) is 0 Å². The molecule has 142 valence electrons. The number of ether oxygens (including phenoxy) is 1. The second-order valence-electron chi connectivity index (χ2n) is 7.55. The van der Waals surface area contributed by atoms with Crippen molar-refractivity contribution in [2.45, 2.75) is 51.7 Å². The smallest absolute Gasteiger partial charge is 0.305 e. The van der Waals surface area contributed by atoms with Gasteiger partial charge in [0.25, 0.3) is 5.91 Å². The molecule has 0 saturated carbocycles. The Kier molecular flexibility index (Phi) is 5.56. The number of carboxylic acid groups (broad SMARTS) is 1. The summed E-state index contributed by atoms with van der Waals surface area (Å²) in [6.07, 6.45) is -0.199. The third-order valence-corrected chi connectivity index (χ3v) is 4.67. The maximum atomic E-state index is 12.4. The van der Waals surface area contributed by atoms with Gasteiger partial charge in [-0.05, 0) is 45.4 Å². The molecule has 0 aliphatic carbocycles. The standard InChI is InChI=1S/C19H25ClN2O4/c1-10-16(13(9-15(23)24)22(5)18(25)17(10)21)12-7-6-11(20)8-14(12)26-19(2,3)4/h6-8,13,16H,9,21H2,1-5H3,(H,23,24). The molecular weight excluding hydrogens is 356 g/mol. The summed E-state index contributed by atoms with van der Waals surface area (Å²) in [6, 6.07) is 4.67. The quantitative estimate of drug-likeness (QED) is 0.836. The molecule has 3 N–H and O–H groups in total. The highest BCUT2D eigenvalue weighted by atomic mass is 35.5. The van der Waals surface area contributed by atoms with E-state index < -0.39 is 23.5 Å². The molecule has 0 aromatic heterocycles. The van der Waals surface area contributed by atoms with Gasteiger partial charge in [0.05, 0.1) is 18.2 Å². The number of likely N-dealkylation sites (N-methyl/N-ethyl adjacent to an activating group) is 1. The van der Waals surface area contributed by atoms with E-state index in [0.29, 0.717) is 16.3 Å². The molecule has 2 atom stereocenters. The van der Waals surface area contributed by atoms with E-state index in [2.05, 4.69) is 0 Å². The van der Waals surface area contributed by atoms with Crippen LogP contribution in [0.25, 0.3) is 0 Å². The SMILES string of the molecule is CC1=C(N)C(=O)N(C)C(CC(=O)O)C1c1ccc(Cl)cc1OC(C)(C)C. The van der Waals surface area contributed by atoms with Gasteiger partial charge in [-0.2, -0.15) is 0 Å². The predicted octanol–water partition coefficient (Wildman–Crippen LogP) is 3.15. The van der Waals surface area contributed by atoms with E-state index in [-0.39, 0.29) is 18.0 Å². The Morgan fingerprint density at radius 3 is 2.54 bits per heavy atom. The van der Waals surface area contributed by atoms with Gasteiger partial charge in [-0.1, -0.05) is 17.7 Å². The lowest BCUT2D eigenvalue weighted by Crippen LogP contribution is -2.49. The van der Waals surface area contributed by atoms with Crippen molar-refractivity contribution in [3.05, 3.63) is 40.1 Å². The average molecular weight is 381 g/mol. The molecule has 0 radical (unpaired) electrons. The first-order chi connectivity index (χ1) is 11.9. The first-order valence-electron chi connectivity index (χ1n) is 8.36. The second kappa shape index (κ2) is 7.19. The summed E-state index contributed by atoms with van der Waals surface area (Å²) < 4.78 is 6.07. The number of carbonyl (C=O) groups is 2. The van der Waals surface area contributed by atoms with E-state index in [1.807, 2.05) is 26.8 Å². The van der Waals surface area contributed by atoms with Crippen LogP contribution in [0.2, 0.25) is 5.02 Å². The number of nitrogens with two attached hydrogens (primary N) is 1. The molecule has 26 heavy (non-hydrogen) atoms. The van der Waals surface area contributed by atoms with Crippen LogP contribution in [0.4, 0.5) is 0 Å². The fraction of sp³-hybridized carbons (Fsp3) is 0.474. The van der Waals surface area contributed by atoms with Crippen LogP contribution in [-0.2, 0) is 9.59 Å². The van der Waals surface area contributed by atoms with E-state index >= 15 is 0 Å². The summed E-state index contributed by atoms with van der Waals surface area (Å²) in [5, 5.41) is 9.86. The summed E-state index contributed by atoms with van der Waals surface area (Å²) in [5.74, 6) is -1.19. The highest BCUT2D eigenvalue weighted by Gasteiger charge is 2.40. The normalized spacial score (nSPS) is 21.2. The first kappa shape index (κ1) is 20.1. The monoisotopic (exact) mass is 380 g/mol. The van der Waals surface area contributed by atoms with E-state index in [1.165, 1.54) is 4.90 Å². The molecule has 1 aliphatic heterocycles. The van der Waals surface area contributed by atoms with Gasteiger partial charge in [0.15, 0.2) is 0 Å². The minimum atomic E-state index is -0.986.